The first kappa shape index (κ1) is 11.9. The van der Waals surface area contributed by atoms with E-state index in [1.807, 2.05) is 0 Å². The number of rotatable bonds is 6. The largest absolute Gasteiger partial charge is 0.491 e. The van der Waals surface area contributed by atoms with Gasteiger partial charge in [0.2, 0.25) is 0 Å². The molecule has 0 bridgehead atoms. The molecule has 0 unspecified atom stereocenters. The Hall–Kier alpha value is -2.14. The lowest BCUT2D eigenvalue weighted by molar-refractivity contribution is 0.201. The van der Waals surface area contributed by atoms with Crippen LogP contribution in [0.1, 0.15) is 0 Å². The highest BCUT2D eigenvalue weighted by Crippen LogP contribution is 2.17. The molecule has 0 fully saturated rings. The second kappa shape index (κ2) is 6.36. The Morgan fingerprint density at radius 2 is 2.12 bits per heavy atom. The van der Waals surface area contributed by atoms with Crippen LogP contribution in [0.15, 0.2) is 34.6 Å². The monoisotopic (exact) mass is 224 g/mol. The molecular formula is C9H9FN4O2. The minimum atomic E-state index is -1.35. The average molecular weight is 224 g/mol. The molecule has 0 saturated carbocycles. The zero-order valence-corrected chi connectivity index (χ0v) is 8.28. The predicted octanol–water partition coefficient (Wildman–Crippen LogP) is 3.11. The van der Waals surface area contributed by atoms with Gasteiger partial charge in [-0.05, 0) is 35.0 Å². The van der Waals surface area contributed by atoms with Crippen molar-refractivity contribution in [3.8, 4) is 5.75 Å². The molecule has 7 heteroatoms. The highest BCUT2D eigenvalue weighted by Gasteiger charge is 2.05. The molecule has 0 aliphatic carbocycles. The zero-order valence-electron chi connectivity index (χ0n) is 8.28. The Bertz CT molecular complexity index is 389. The van der Waals surface area contributed by atoms with E-state index in [0.717, 1.165) is 0 Å². The van der Waals surface area contributed by atoms with Gasteiger partial charge in [-0.25, -0.2) is 4.39 Å². The van der Waals surface area contributed by atoms with Gasteiger partial charge in [-0.1, -0.05) is 5.11 Å². The summed E-state index contributed by atoms with van der Waals surface area (Å²) < 4.78 is 18.0. The molecule has 0 saturated heterocycles. The molecular weight excluding hydrogens is 215 g/mol. The van der Waals surface area contributed by atoms with Crippen molar-refractivity contribution in [2.75, 3.05) is 13.2 Å². The third kappa shape index (κ3) is 3.93. The number of azide groups is 1. The summed E-state index contributed by atoms with van der Waals surface area (Å²) in [4.78, 5) is 12.5. The number of ether oxygens (including phenoxy) is 1. The van der Waals surface area contributed by atoms with Crippen LogP contribution in [0.5, 0.6) is 5.75 Å². The number of alkyl halides is 1. The fourth-order valence-corrected chi connectivity index (χ4v) is 0.968. The van der Waals surface area contributed by atoms with Crippen molar-refractivity contribution < 1.29 is 9.13 Å². The van der Waals surface area contributed by atoms with Gasteiger partial charge in [0.05, 0.1) is 6.54 Å². The zero-order chi connectivity index (χ0) is 11.8. The Kier molecular flexibility index (Phi) is 4.75. The summed E-state index contributed by atoms with van der Waals surface area (Å²) in [5, 5.41) is 5.79. The Morgan fingerprint density at radius 1 is 1.44 bits per heavy atom. The molecule has 1 aromatic rings. The summed E-state index contributed by atoms with van der Waals surface area (Å²) in [6.07, 6.45) is -1.35. The van der Waals surface area contributed by atoms with Gasteiger partial charge in [-0.3, -0.25) is 0 Å². The Morgan fingerprint density at radius 3 is 2.69 bits per heavy atom. The van der Waals surface area contributed by atoms with Crippen LogP contribution >= 0.6 is 0 Å². The van der Waals surface area contributed by atoms with Crippen molar-refractivity contribution >= 4 is 5.69 Å². The average Bonchev–Trinajstić information content (AvgIpc) is 2.34. The molecule has 16 heavy (non-hydrogen) atoms. The molecule has 0 heterocycles. The normalized spacial score (nSPS) is 11.3. The summed E-state index contributed by atoms with van der Waals surface area (Å²) >= 11 is 0. The van der Waals surface area contributed by atoms with Crippen molar-refractivity contribution in [2.24, 2.45) is 10.3 Å². The molecule has 0 amide bonds. The highest BCUT2D eigenvalue weighted by molar-refractivity contribution is 5.40. The summed E-state index contributed by atoms with van der Waals surface area (Å²) in [6, 6.07) is 5.94. The Balaban J connectivity index is 2.41. The van der Waals surface area contributed by atoms with Crippen molar-refractivity contribution in [3.63, 3.8) is 0 Å². The second-order valence-electron chi connectivity index (χ2n) is 2.91. The van der Waals surface area contributed by atoms with E-state index >= 15 is 0 Å². The molecule has 1 atom stereocenters. The minimum Gasteiger partial charge on any atom is -0.491 e. The third-order valence-electron chi connectivity index (χ3n) is 1.72. The number of nitroso groups, excluding NO2 is 1. The maximum Gasteiger partial charge on any atom is 0.140 e. The fraction of sp³-hybridized carbons (Fsp3) is 0.333. The number of halogens is 1. The van der Waals surface area contributed by atoms with Crippen LogP contribution in [0, 0.1) is 4.91 Å². The first-order valence-corrected chi connectivity index (χ1v) is 4.47. The molecule has 1 rings (SSSR count). The lowest BCUT2D eigenvalue weighted by Crippen LogP contribution is -2.15. The van der Waals surface area contributed by atoms with Crippen LogP contribution in [0.2, 0.25) is 0 Å². The summed E-state index contributed by atoms with van der Waals surface area (Å²) in [6.45, 7) is -0.461. The van der Waals surface area contributed by atoms with Crippen molar-refractivity contribution in [1.82, 2.24) is 0 Å². The molecule has 0 aliphatic rings. The molecule has 0 N–H and O–H groups in total. The van der Waals surface area contributed by atoms with Gasteiger partial charge in [0.15, 0.2) is 0 Å². The second-order valence-corrected chi connectivity index (χ2v) is 2.91. The van der Waals surface area contributed by atoms with Gasteiger partial charge in [-0.15, -0.1) is 4.91 Å². The number of benzene rings is 1. The SMILES string of the molecule is [N-]=[N+]=NC[C@@H](F)COc1ccc(N=O)cc1. The van der Waals surface area contributed by atoms with E-state index in [4.69, 9.17) is 10.3 Å². The van der Waals surface area contributed by atoms with E-state index in [1.165, 1.54) is 24.3 Å². The smallest absolute Gasteiger partial charge is 0.140 e. The number of hydrogen-bond acceptors (Lipinski definition) is 4. The summed E-state index contributed by atoms with van der Waals surface area (Å²) in [5.74, 6) is 0.427. The van der Waals surface area contributed by atoms with Gasteiger partial charge >= 0.3 is 0 Å². The predicted molar refractivity (Wildman–Crippen MR) is 56.3 cm³/mol. The van der Waals surface area contributed by atoms with E-state index in [0.29, 0.717) is 5.75 Å². The molecule has 6 nitrogen and oxygen atoms in total. The van der Waals surface area contributed by atoms with Crippen molar-refractivity contribution in [1.29, 1.82) is 0 Å². The maximum absolute atomic E-state index is 13.0. The van der Waals surface area contributed by atoms with Gasteiger partial charge in [-0.2, -0.15) is 0 Å². The standard InChI is InChI=1S/C9H9FN4O2/c10-7(5-12-14-11)6-16-9-3-1-8(13-15)2-4-9/h1-4,7H,5-6H2/t7-/m1/s1. The highest BCUT2D eigenvalue weighted by atomic mass is 19.1. The topological polar surface area (TPSA) is 87.4 Å². The molecule has 1 aromatic carbocycles. The molecule has 0 radical (unpaired) electrons. The van der Waals surface area contributed by atoms with E-state index < -0.39 is 6.17 Å². The molecule has 0 aromatic heterocycles. The van der Waals surface area contributed by atoms with Crippen LogP contribution in [-0.2, 0) is 0 Å². The first-order valence-electron chi connectivity index (χ1n) is 4.47. The first-order chi connectivity index (χ1) is 7.76. The van der Waals surface area contributed by atoms with Gasteiger partial charge in [0, 0.05) is 4.91 Å². The van der Waals surface area contributed by atoms with Crippen molar-refractivity contribution in [2.45, 2.75) is 6.17 Å². The number of nitrogens with zero attached hydrogens (tertiary/aromatic N) is 4. The lowest BCUT2D eigenvalue weighted by atomic mass is 10.3. The maximum atomic E-state index is 13.0. The van der Waals surface area contributed by atoms with E-state index in [2.05, 4.69) is 15.2 Å². The van der Waals surface area contributed by atoms with E-state index in [9.17, 15) is 9.30 Å². The van der Waals surface area contributed by atoms with Gasteiger partial charge in [0.25, 0.3) is 0 Å². The molecule has 0 spiro atoms. The molecule has 84 valence electrons. The van der Waals surface area contributed by atoms with Crippen LogP contribution in [-0.4, -0.2) is 19.3 Å². The van der Waals surface area contributed by atoms with Crippen LogP contribution < -0.4 is 4.74 Å². The van der Waals surface area contributed by atoms with Crippen LogP contribution in [0.3, 0.4) is 0 Å². The van der Waals surface area contributed by atoms with E-state index in [1.54, 1.807) is 0 Å². The summed E-state index contributed by atoms with van der Waals surface area (Å²) in [5.41, 5.74) is 8.25. The van der Waals surface area contributed by atoms with Crippen LogP contribution in [0.4, 0.5) is 10.1 Å². The minimum absolute atomic E-state index is 0.202. The van der Waals surface area contributed by atoms with Crippen molar-refractivity contribution in [3.05, 3.63) is 39.6 Å². The van der Waals surface area contributed by atoms with Gasteiger partial charge < -0.3 is 4.74 Å². The fourth-order valence-electron chi connectivity index (χ4n) is 0.968. The van der Waals surface area contributed by atoms with Gasteiger partial charge in [0.1, 0.15) is 24.2 Å². The Labute approximate surface area is 90.6 Å². The van der Waals surface area contributed by atoms with Crippen LogP contribution in [0.25, 0.3) is 10.4 Å². The van der Waals surface area contributed by atoms with E-state index in [-0.39, 0.29) is 18.8 Å². The molecule has 0 aliphatic heterocycles. The third-order valence-corrected chi connectivity index (χ3v) is 1.72. The number of hydrogen-bond donors (Lipinski definition) is 0. The summed E-state index contributed by atoms with van der Waals surface area (Å²) in [7, 11) is 0. The lowest BCUT2D eigenvalue weighted by Gasteiger charge is -2.07. The quantitative estimate of drug-likeness (QED) is 0.321.